The average molecular weight is 287 g/mol. The first kappa shape index (κ1) is 15.1. The monoisotopic (exact) mass is 287 g/mol. The molecule has 0 aliphatic carbocycles. The minimum absolute atomic E-state index is 0.247. The van der Waals surface area contributed by atoms with E-state index in [1.54, 1.807) is 6.20 Å². The summed E-state index contributed by atoms with van der Waals surface area (Å²) < 4.78 is 6.72. The minimum atomic E-state index is -0.565. The third kappa shape index (κ3) is 3.62. The van der Waals surface area contributed by atoms with Crippen LogP contribution < -0.4 is 5.32 Å². The molecular weight excluding hydrogens is 266 g/mol. The molecule has 1 atom stereocenters. The lowest BCUT2D eigenvalue weighted by molar-refractivity contribution is -0.141. The maximum atomic E-state index is 12.0. The zero-order valence-corrected chi connectivity index (χ0v) is 12.8. The van der Waals surface area contributed by atoms with Gasteiger partial charge in [-0.1, -0.05) is 17.7 Å². The molecule has 0 bridgehead atoms. The molecule has 0 saturated heterocycles. The third-order valence-corrected chi connectivity index (χ3v) is 3.28. The van der Waals surface area contributed by atoms with Gasteiger partial charge >= 0.3 is 5.97 Å². The third-order valence-electron chi connectivity index (χ3n) is 3.28. The average Bonchev–Trinajstić information content (AvgIpc) is 2.95. The summed E-state index contributed by atoms with van der Waals surface area (Å²) in [7, 11) is 1.39. The number of anilines is 1. The molecule has 1 aromatic heterocycles. The zero-order chi connectivity index (χ0) is 15.4. The lowest BCUT2D eigenvalue weighted by Gasteiger charge is -2.16. The summed E-state index contributed by atoms with van der Waals surface area (Å²) in [6, 6.07) is 7.56. The van der Waals surface area contributed by atoms with Crippen LogP contribution in [0.15, 0.2) is 36.7 Å². The number of carbonyl (C=O) groups is 1. The quantitative estimate of drug-likeness (QED) is 0.859. The molecule has 5 heteroatoms. The molecule has 21 heavy (non-hydrogen) atoms. The first-order valence-corrected chi connectivity index (χ1v) is 6.96. The van der Waals surface area contributed by atoms with E-state index in [2.05, 4.69) is 10.4 Å². The van der Waals surface area contributed by atoms with Gasteiger partial charge in [-0.3, -0.25) is 4.68 Å². The maximum Gasteiger partial charge on any atom is 0.333 e. The van der Waals surface area contributed by atoms with Crippen LogP contribution in [0.25, 0.3) is 0 Å². The number of ether oxygens (including phenoxy) is 1. The van der Waals surface area contributed by atoms with Gasteiger partial charge in [-0.05, 0) is 32.9 Å². The summed E-state index contributed by atoms with van der Waals surface area (Å²) in [5, 5.41) is 7.48. The van der Waals surface area contributed by atoms with Crippen molar-refractivity contribution in [1.82, 2.24) is 9.78 Å². The van der Waals surface area contributed by atoms with Crippen molar-refractivity contribution in [2.75, 3.05) is 12.4 Å². The van der Waals surface area contributed by atoms with Gasteiger partial charge in [0.25, 0.3) is 0 Å². The summed E-state index contributed by atoms with van der Waals surface area (Å²) in [6.07, 6.45) is 3.57. The van der Waals surface area contributed by atoms with E-state index in [0.29, 0.717) is 0 Å². The highest BCUT2D eigenvalue weighted by atomic mass is 16.5. The van der Waals surface area contributed by atoms with Crippen molar-refractivity contribution in [1.29, 1.82) is 0 Å². The molecule has 0 spiro atoms. The second-order valence-electron chi connectivity index (χ2n) is 5.31. The van der Waals surface area contributed by atoms with Crippen LogP contribution in [-0.4, -0.2) is 22.9 Å². The summed E-state index contributed by atoms with van der Waals surface area (Å²) in [5.41, 5.74) is 2.83. The van der Waals surface area contributed by atoms with Crippen molar-refractivity contribution < 1.29 is 9.53 Å². The molecule has 1 heterocycles. The Morgan fingerprint density at radius 3 is 2.48 bits per heavy atom. The van der Waals surface area contributed by atoms with Crippen LogP contribution in [0.2, 0.25) is 0 Å². The Kier molecular flexibility index (Phi) is 4.62. The van der Waals surface area contributed by atoms with Gasteiger partial charge in [0.15, 0.2) is 6.04 Å². The lowest BCUT2D eigenvalue weighted by Crippen LogP contribution is -2.22. The highest BCUT2D eigenvalue weighted by Crippen LogP contribution is 2.22. The van der Waals surface area contributed by atoms with Gasteiger partial charge in [0.05, 0.1) is 13.3 Å². The molecule has 5 nitrogen and oxygen atoms in total. The van der Waals surface area contributed by atoms with Gasteiger partial charge < -0.3 is 10.1 Å². The van der Waals surface area contributed by atoms with Crippen molar-refractivity contribution in [3.63, 3.8) is 0 Å². The van der Waals surface area contributed by atoms with Crippen LogP contribution in [0, 0.1) is 6.92 Å². The maximum absolute atomic E-state index is 12.0. The van der Waals surface area contributed by atoms with Crippen molar-refractivity contribution in [3.05, 3.63) is 47.8 Å². The molecule has 1 aromatic carbocycles. The molecule has 0 aliphatic heterocycles. The van der Waals surface area contributed by atoms with Crippen LogP contribution in [0.4, 0.5) is 5.69 Å². The van der Waals surface area contributed by atoms with Gasteiger partial charge in [-0.25, -0.2) is 4.79 Å². The minimum Gasteiger partial charge on any atom is -0.467 e. The molecule has 1 unspecified atom stereocenters. The predicted molar refractivity (Wildman–Crippen MR) is 82.2 cm³/mol. The first-order chi connectivity index (χ1) is 10.0. The van der Waals surface area contributed by atoms with E-state index < -0.39 is 6.04 Å². The fourth-order valence-electron chi connectivity index (χ4n) is 2.00. The van der Waals surface area contributed by atoms with Crippen molar-refractivity contribution >= 4 is 11.7 Å². The number of nitrogens with zero attached hydrogens (tertiary/aromatic N) is 2. The van der Waals surface area contributed by atoms with Crippen molar-refractivity contribution in [3.8, 4) is 0 Å². The summed E-state index contributed by atoms with van der Waals surface area (Å²) in [6.45, 7) is 6.10. The molecule has 0 saturated carbocycles. The molecule has 2 aromatic rings. The smallest absolute Gasteiger partial charge is 0.333 e. The lowest BCUT2D eigenvalue weighted by atomic mass is 10.1. The van der Waals surface area contributed by atoms with E-state index in [4.69, 9.17) is 4.74 Å². The summed E-state index contributed by atoms with van der Waals surface area (Å²) in [4.78, 5) is 12.0. The van der Waals surface area contributed by atoms with E-state index in [-0.39, 0.29) is 12.0 Å². The number of hydrogen-bond acceptors (Lipinski definition) is 4. The van der Waals surface area contributed by atoms with Crippen molar-refractivity contribution in [2.45, 2.75) is 32.9 Å². The highest BCUT2D eigenvalue weighted by molar-refractivity contribution is 5.80. The molecule has 0 radical (unpaired) electrons. The van der Waals surface area contributed by atoms with E-state index in [0.717, 1.165) is 11.3 Å². The number of benzene rings is 1. The topological polar surface area (TPSA) is 56.1 Å². The Hall–Kier alpha value is -2.30. The molecule has 112 valence electrons. The molecule has 0 fully saturated rings. The van der Waals surface area contributed by atoms with E-state index in [1.807, 2.05) is 55.9 Å². The Balaban J connectivity index is 2.25. The van der Waals surface area contributed by atoms with E-state index >= 15 is 0 Å². The van der Waals surface area contributed by atoms with Gasteiger partial charge in [-0.15, -0.1) is 0 Å². The Labute approximate surface area is 124 Å². The number of aryl methyl sites for hydroxylation is 1. The summed E-state index contributed by atoms with van der Waals surface area (Å²) >= 11 is 0. The number of methoxy groups -OCH3 is 1. The number of carbonyl (C=O) groups excluding carboxylic acids is 1. The standard InChI is InChI=1S/C16H21N3O2/c1-11(2)19-10-13(9-17-19)15(16(20)21-4)18-14-7-5-12(3)6-8-14/h5-11,15,18H,1-4H3. The Morgan fingerprint density at radius 2 is 1.95 bits per heavy atom. The van der Waals surface area contributed by atoms with Gasteiger partial charge in [0, 0.05) is 23.5 Å². The zero-order valence-electron chi connectivity index (χ0n) is 12.8. The predicted octanol–water partition coefficient (Wildman–Crippen LogP) is 3.10. The molecule has 0 amide bonds. The summed E-state index contributed by atoms with van der Waals surface area (Å²) in [5.74, 6) is -0.334. The van der Waals surface area contributed by atoms with E-state index in [1.165, 1.54) is 12.7 Å². The normalized spacial score (nSPS) is 12.2. The first-order valence-electron chi connectivity index (χ1n) is 6.96. The SMILES string of the molecule is COC(=O)C(Nc1ccc(C)cc1)c1cnn(C(C)C)c1. The Bertz CT molecular complexity index is 602. The molecule has 2 rings (SSSR count). The number of aromatic nitrogens is 2. The highest BCUT2D eigenvalue weighted by Gasteiger charge is 2.23. The van der Waals surface area contributed by atoms with Gasteiger partial charge in [-0.2, -0.15) is 5.10 Å². The molecule has 0 aliphatic rings. The Morgan fingerprint density at radius 1 is 1.29 bits per heavy atom. The van der Waals surface area contributed by atoms with Gasteiger partial charge in [0.1, 0.15) is 0 Å². The number of nitrogens with one attached hydrogen (secondary N) is 1. The fraction of sp³-hybridized carbons (Fsp3) is 0.375. The molecular formula is C16H21N3O2. The van der Waals surface area contributed by atoms with E-state index in [9.17, 15) is 4.79 Å². The van der Waals surface area contributed by atoms with Crippen LogP contribution in [-0.2, 0) is 9.53 Å². The van der Waals surface area contributed by atoms with Crippen LogP contribution >= 0.6 is 0 Å². The number of esters is 1. The second kappa shape index (κ2) is 6.43. The largest absolute Gasteiger partial charge is 0.467 e. The molecule has 1 N–H and O–H groups in total. The van der Waals surface area contributed by atoms with Crippen molar-refractivity contribution in [2.24, 2.45) is 0 Å². The van der Waals surface area contributed by atoms with Gasteiger partial charge in [0.2, 0.25) is 0 Å². The second-order valence-corrected chi connectivity index (χ2v) is 5.31. The van der Waals surface area contributed by atoms with Crippen LogP contribution in [0.5, 0.6) is 0 Å². The van der Waals surface area contributed by atoms with Crippen LogP contribution in [0.1, 0.15) is 37.1 Å². The van der Waals surface area contributed by atoms with Crippen LogP contribution in [0.3, 0.4) is 0 Å². The fourth-order valence-corrected chi connectivity index (χ4v) is 2.00. The number of hydrogen-bond donors (Lipinski definition) is 1. The number of rotatable bonds is 5.